The van der Waals surface area contributed by atoms with Gasteiger partial charge in [-0.3, -0.25) is 14.4 Å². The maximum absolute atomic E-state index is 12.8. The Hall–Kier alpha value is -2.24. The molecule has 0 aromatic rings. The van der Waals surface area contributed by atoms with Gasteiger partial charge in [0.2, 0.25) is 17.7 Å². The number of amides is 3. The molecule has 11 nitrogen and oxygen atoms in total. The predicted octanol–water partition coefficient (Wildman–Crippen LogP) is -1.83. The first-order chi connectivity index (χ1) is 13.9. The number of aliphatic hydroxyl groups excluding tert-OH is 2. The number of carboxylic acid groups (broad SMARTS) is 1. The van der Waals surface area contributed by atoms with Gasteiger partial charge in [0.15, 0.2) is 0 Å². The molecule has 11 heteroatoms. The number of hydrogen-bond acceptors (Lipinski definition) is 7. The third kappa shape index (κ3) is 6.92. The molecule has 1 fully saturated rings. The van der Waals surface area contributed by atoms with Gasteiger partial charge in [-0.1, -0.05) is 13.8 Å². The van der Waals surface area contributed by atoms with Crippen LogP contribution in [0.4, 0.5) is 0 Å². The molecule has 3 amide bonds. The second kappa shape index (κ2) is 11.2. The molecule has 1 aliphatic rings. The monoisotopic (exact) mass is 430 g/mol. The fraction of sp³-hybridized carbons (Fsp3) is 0.789. The Bertz CT molecular complexity index is 638. The Morgan fingerprint density at radius 3 is 2.00 bits per heavy atom. The van der Waals surface area contributed by atoms with Crippen LogP contribution < -0.4 is 16.4 Å². The lowest BCUT2D eigenvalue weighted by Crippen LogP contribution is -2.61. The van der Waals surface area contributed by atoms with Crippen molar-refractivity contribution in [2.45, 2.75) is 83.3 Å². The summed E-state index contributed by atoms with van der Waals surface area (Å²) in [4.78, 5) is 50.2. The van der Waals surface area contributed by atoms with E-state index in [1.54, 1.807) is 0 Å². The van der Waals surface area contributed by atoms with E-state index in [4.69, 9.17) is 5.73 Å². The Balaban J connectivity index is 2.92. The first-order valence-electron chi connectivity index (χ1n) is 10.1. The zero-order chi connectivity index (χ0) is 23.2. The average molecular weight is 431 g/mol. The second-order valence-electron chi connectivity index (χ2n) is 8.22. The van der Waals surface area contributed by atoms with Gasteiger partial charge in [-0.15, -0.1) is 0 Å². The van der Waals surface area contributed by atoms with Crippen LogP contribution in [-0.2, 0) is 19.2 Å². The van der Waals surface area contributed by atoms with E-state index in [1.807, 2.05) is 13.8 Å². The van der Waals surface area contributed by atoms with Crippen molar-refractivity contribution < 1.29 is 34.5 Å². The van der Waals surface area contributed by atoms with Crippen molar-refractivity contribution in [2.24, 2.45) is 11.7 Å². The average Bonchev–Trinajstić information content (AvgIpc) is 3.12. The second-order valence-corrected chi connectivity index (χ2v) is 8.22. The van der Waals surface area contributed by atoms with Crippen molar-refractivity contribution in [1.29, 1.82) is 0 Å². The summed E-state index contributed by atoms with van der Waals surface area (Å²) in [5.41, 5.74) is 5.81. The van der Waals surface area contributed by atoms with E-state index in [2.05, 4.69) is 10.6 Å². The summed E-state index contributed by atoms with van der Waals surface area (Å²) in [7, 11) is 0. The minimum Gasteiger partial charge on any atom is -0.480 e. The first-order valence-corrected chi connectivity index (χ1v) is 10.1. The molecule has 0 spiro atoms. The van der Waals surface area contributed by atoms with Gasteiger partial charge in [-0.2, -0.15) is 0 Å². The van der Waals surface area contributed by atoms with E-state index in [9.17, 15) is 34.5 Å². The summed E-state index contributed by atoms with van der Waals surface area (Å²) in [6, 6.07) is -4.75. The molecule has 7 N–H and O–H groups in total. The lowest BCUT2D eigenvalue weighted by Gasteiger charge is -2.30. The number of likely N-dealkylation sites (tertiary alicyclic amines) is 1. The Morgan fingerprint density at radius 1 is 1.00 bits per heavy atom. The molecule has 1 rings (SSSR count). The molecule has 0 aromatic carbocycles. The third-order valence-corrected chi connectivity index (χ3v) is 4.99. The number of aliphatic carboxylic acids is 1. The Labute approximate surface area is 176 Å². The summed E-state index contributed by atoms with van der Waals surface area (Å²) < 4.78 is 0. The molecule has 1 saturated heterocycles. The molecule has 1 heterocycles. The lowest BCUT2D eigenvalue weighted by atomic mass is 10.0. The van der Waals surface area contributed by atoms with Crippen LogP contribution in [0.5, 0.6) is 0 Å². The molecule has 0 radical (unpaired) electrons. The van der Waals surface area contributed by atoms with Crippen LogP contribution in [0, 0.1) is 5.92 Å². The number of nitrogens with two attached hydrogens (primary N) is 1. The molecule has 0 aliphatic carbocycles. The number of rotatable bonds is 10. The van der Waals surface area contributed by atoms with Crippen molar-refractivity contribution in [3.05, 3.63) is 0 Å². The summed E-state index contributed by atoms with van der Waals surface area (Å²) in [6.45, 7) is 6.53. The van der Waals surface area contributed by atoms with Crippen molar-refractivity contribution in [3.8, 4) is 0 Å². The van der Waals surface area contributed by atoms with Crippen LogP contribution in [0.25, 0.3) is 0 Å². The van der Waals surface area contributed by atoms with Crippen molar-refractivity contribution in [1.82, 2.24) is 15.5 Å². The standard InChI is InChI=1S/C19H34N4O7/c1-9(2)8-12(20)16(26)21-14(10(3)24)17(27)22-15(11(4)25)18(28)23-7-5-6-13(23)19(29)30/h9-15,24-25H,5-8,20H2,1-4H3,(H,21,26)(H,22,27)(H,29,30). The molecule has 30 heavy (non-hydrogen) atoms. The van der Waals surface area contributed by atoms with Gasteiger partial charge in [0.25, 0.3) is 0 Å². The fourth-order valence-electron chi connectivity index (χ4n) is 3.38. The molecular formula is C19H34N4O7. The van der Waals surface area contributed by atoms with Crippen LogP contribution in [0.15, 0.2) is 0 Å². The van der Waals surface area contributed by atoms with Crippen LogP contribution in [-0.4, -0.2) is 86.8 Å². The highest BCUT2D eigenvalue weighted by atomic mass is 16.4. The summed E-state index contributed by atoms with van der Waals surface area (Å²) in [6.07, 6.45) is -1.49. The molecule has 172 valence electrons. The molecule has 6 atom stereocenters. The highest BCUT2D eigenvalue weighted by Crippen LogP contribution is 2.19. The van der Waals surface area contributed by atoms with E-state index in [-0.39, 0.29) is 18.9 Å². The Kier molecular flexibility index (Phi) is 9.66. The highest BCUT2D eigenvalue weighted by molar-refractivity contribution is 5.94. The lowest BCUT2D eigenvalue weighted by molar-refractivity contribution is -0.151. The topological polar surface area (TPSA) is 182 Å². The maximum atomic E-state index is 12.8. The molecule has 1 aliphatic heterocycles. The normalized spacial score (nSPS) is 21.5. The van der Waals surface area contributed by atoms with E-state index in [0.717, 1.165) is 4.90 Å². The quantitative estimate of drug-likeness (QED) is 0.234. The van der Waals surface area contributed by atoms with Crippen molar-refractivity contribution >= 4 is 23.7 Å². The molecule has 0 saturated carbocycles. The third-order valence-electron chi connectivity index (χ3n) is 4.99. The predicted molar refractivity (Wildman–Crippen MR) is 107 cm³/mol. The number of carbonyl (C=O) groups is 4. The van der Waals surface area contributed by atoms with Gasteiger partial charge in [0, 0.05) is 6.54 Å². The molecule has 6 unspecified atom stereocenters. The first kappa shape index (κ1) is 25.8. The van der Waals surface area contributed by atoms with Crippen LogP contribution in [0.1, 0.15) is 47.0 Å². The molecule has 0 aromatic heterocycles. The summed E-state index contributed by atoms with van der Waals surface area (Å²) in [5, 5.41) is 34.0. The number of carbonyl (C=O) groups excluding carboxylic acids is 3. The smallest absolute Gasteiger partial charge is 0.326 e. The maximum Gasteiger partial charge on any atom is 0.326 e. The SMILES string of the molecule is CC(C)CC(N)C(=O)NC(C(=O)NC(C(=O)N1CCCC1C(=O)O)C(C)O)C(C)O. The van der Waals surface area contributed by atoms with Gasteiger partial charge in [-0.25, -0.2) is 4.79 Å². The highest BCUT2D eigenvalue weighted by Gasteiger charge is 2.40. The number of nitrogens with zero attached hydrogens (tertiary/aromatic N) is 1. The van der Waals surface area contributed by atoms with E-state index in [1.165, 1.54) is 13.8 Å². The van der Waals surface area contributed by atoms with Gasteiger partial charge >= 0.3 is 5.97 Å². The van der Waals surface area contributed by atoms with Crippen molar-refractivity contribution in [2.75, 3.05) is 6.54 Å². The largest absolute Gasteiger partial charge is 0.480 e. The molecular weight excluding hydrogens is 396 g/mol. The van der Waals surface area contributed by atoms with Gasteiger partial charge in [-0.05, 0) is 39.0 Å². The number of aliphatic hydroxyl groups is 2. The fourth-order valence-corrected chi connectivity index (χ4v) is 3.38. The zero-order valence-electron chi connectivity index (χ0n) is 17.9. The van der Waals surface area contributed by atoms with Crippen LogP contribution in [0.2, 0.25) is 0 Å². The minimum atomic E-state index is -1.43. The molecule has 0 bridgehead atoms. The van der Waals surface area contributed by atoms with Crippen molar-refractivity contribution in [3.63, 3.8) is 0 Å². The van der Waals surface area contributed by atoms with Gasteiger partial charge in [0.1, 0.15) is 18.1 Å². The Morgan fingerprint density at radius 2 is 1.53 bits per heavy atom. The zero-order valence-corrected chi connectivity index (χ0v) is 17.9. The minimum absolute atomic E-state index is 0.143. The van der Waals surface area contributed by atoms with E-state index < -0.39 is 60.1 Å². The number of hydrogen-bond donors (Lipinski definition) is 6. The van der Waals surface area contributed by atoms with Crippen LogP contribution >= 0.6 is 0 Å². The van der Waals surface area contributed by atoms with Gasteiger partial charge < -0.3 is 36.6 Å². The number of carboxylic acids is 1. The van der Waals surface area contributed by atoms with Gasteiger partial charge in [0.05, 0.1) is 18.2 Å². The van der Waals surface area contributed by atoms with E-state index in [0.29, 0.717) is 12.8 Å². The summed E-state index contributed by atoms with van der Waals surface area (Å²) in [5.74, 6) is -3.28. The number of nitrogens with one attached hydrogen (secondary N) is 2. The van der Waals surface area contributed by atoms with E-state index >= 15 is 0 Å². The summed E-state index contributed by atoms with van der Waals surface area (Å²) >= 11 is 0. The van der Waals surface area contributed by atoms with Crippen LogP contribution in [0.3, 0.4) is 0 Å².